The van der Waals surface area contributed by atoms with E-state index in [4.69, 9.17) is 21.2 Å². The molecule has 2 aliphatic rings. The molecule has 126 valence electrons. The molecule has 0 saturated carbocycles. The molecule has 0 aromatic heterocycles. The van der Waals surface area contributed by atoms with Gasteiger partial charge in [-0.25, -0.2) is 9.45 Å². The SMILES string of the molecule is Fc1cc(C2=C(Cl)CON2C2CCOCC2)ccc1C(F)(F)F. The summed E-state index contributed by atoms with van der Waals surface area (Å²) in [6.07, 6.45) is -3.32. The summed E-state index contributed by atoms with van der Waals surface area (Å²) < 4.78 is 57.1. The lowest BCUT2D eigenvalue weighted by atomic mass is 10.0. The fourth-order valence-electron chi connectivity index (χ4n) is 2.76. The first-order valence-corrected chi connectivity index (χ1v) is 7.51. The Morgan fingerprint density at radius 3 is 2.48 bits per heavy atom. The molecule has 0 atom stereocenters. The van der Waals surface area contributed by atoms with Crippen molar-refractivity contribution in [2.45, 2.75) is 25.1 Å². The minimum Gasteiger partial charge on any atom is -0.381 e. The van der Waals surface area contributed by atoms with E-state index in [1.165, 1.54) is 6.07 Å². The van der Waals surface area contributed by atoms with Gasteiger partial charge < -0.3 is 4.74 Å². The summed E-state index contributed by atoms with van der Waals surface area (Å²) in [5.41, 5.74) is -0.606. The van der Waals surface area contributed by atoms with Crippen molar-refractivity contribution in [1.29, 1.82) is 0 Å². The van der Waals surface area contributed by atoms with E-state index in [0.717, 1.165) is 12.1 Å². The van der Waals surface area contributed by atoms with Crippen molar-refractivity contribution < 1.29 is 27.1 Å². The molecule has 3 nitrogen and oxygen atoms in total. The Labute approximate surface area is 135 Å². The van der Waals surface area contributed by atoms with Gasteiger partial charge in [0.25, 0.3) is 0 Å². The van der Waals surface area contributed by atoms with Crippen LogP contribution >= 0.6 is 11.6 Å². The Balaban J connectivity index is 1.92. The number of halogens is 5. The summed E-state index contributed by atoms with van der Waals surface area (Å²) in [4.78, 5) is 5.54. The van der Waals surface area contributed by atoms with Crippen LogP contribution < -0.4 is 0 Å². The Morgan fingerprint density at radius 1 is 1.17 bits per heavy atom. The van der Waals surface area contributed by atoms with Gasteiger partial charge in [0.2, 0.25) is 0 Å². The van der Waals surface area contributed by atoms with Gasteiger partial charge in [-0.3, -0.25) is 4.84 Å². The molecule has 2 heterocycles. The van der Waals surface area contributed by atoms with Crippen LogP contribution in [-0.2, 0) is 15.8 Å². The zero-order valence-corrected chi connectivity index (χ0v) is 12.8. The number of hydroxylamine groups is 2. The van der Waals surface area contributed by atoms with E-state index in [2.05, 4.69) is 0 Å². The number of nitrogens with zero attached hydrogens (tertiary/aromatic N) is 1. The summed E-state index contributed by atoms with van der Waals surface area (Å²) in [5.74, 6) is -1.33. The molecule has 1 aromatic carbocycles. The molecule has 0 spiro atoms. The largest absolute Gasteiger partial charge is 0.419 e. The third-order valence-electron chi connectivity index (χ3n) is 3.88. The summed E-state index contributed by atoms with van der Waals surface area (Å²) in [6, 6.07) is 2.79. The van der Waals surface area contributed by atoms with Crippen LogP contribution in [0, 0.1) is 5.82 Å². The van der Waals surface area contributed by atoms with Crippen molar-refractivity contribution in [3.05, 3.63) is 40.2 Å². The third kappa shape index (κ3) is 3.32. The Morgan fingerprint density at radius 2 is 1.87 bits per heavy atom. The van der Waals surface area contributed by atoms with Crippen molar-refractivity contribution in [2.24, 2.45) is 0 Å². The normalized spacial score (nSPS) is 20.5. The van der Waals surface area contributed by atoms with E-state index in [1.807, 2.05) is 0 Å². The minimum atomic E-state index is -4.73. The van der Waals surface area contributed by atoms with Crippen LogP contribution in [0.4, 0.5) is 17.6 Å². The van der Waals surface area contributed by atoms with Crippen LogP contribution in [0.3, 0.4) is 0 Å². The highest BCUT2D eigenvalue weighted by molar-refractivity contribution is 6.33. The highest BCUT2D eigenvalue weighted by Crippen LogP contribution is 2.38. The predicted molar refractivity (Wildman–Crippen MR) is 75.8 cm³/mol. The number of rotatable bonds is 2. The molecule has 0 bridgehead atoms. The first-order chi connectivity index (χ1) is 10.9. The Kier molecular flexibility index (Phi) is 4.53. The topological polar surface area (TPSA) is 21.7 Å². The second-order valence-corrected chi connectivity index (χ2v) is 5.84. The number of alkyl halides is 3. The zero-order chi connectivity index (χ0) is 16.6. The van der Waals surface area contributed by atoms with Crippen LogP contribution in [0.5, 0.6) is 0 Å². The molecule has 2 aliphatic heterocycles. The molecule has 0 amide bonds. The highest BCUT2D eigenvalue weighted by Gasteiger charge is 2.36. The maximum atomic E-state index is 13.8. The van der Waals surface area contributed by atoms with Gasteiger partial charge in [-0.05, 0) is 25.0 Å². The van der Waals surface area contributed by atoms with Gasteiger partial charge in [-0.15, -0.1) is 0 Å². The molecule has 1 aromatic rings. The fourth-order valence-corrected chi connectivity index (χ4v) is 3.00. The quantitative estimate of drug-likeness (QED) is 0.746. The zero-order valence-electron chi connectivity index (χ0n) is 12.0. The summed E-state index contributed by atoms with van der Waals surface area (Å²) >= 11 is 6.15. The second kappa shape index (κ2) is 6.30. The second-order valence-electron chi connectivity index (χ2n) is 5.39. The molecule has 1 saturated heterocycles. The van der Waals surface area contributed by atoms with Gasteiger partial charge >= 0.3 is 6.18 Å². The van der Waals surface area contributed by atoms with E-state index >= 15 is 0 Å². The van der Waals surface area contributed by atoms with Gasteiger partial charge in [0.1, 0.15) is 12.4 Å². The average molecular weight is 352 g/mol. The minimum absolute atomic E-state index is 0.000328. The van der Waals surface area contributed by atoms with Crippen LogP contribution in [0.1, 0.15) is 24.0 Å². The highest BCUT2D eigenvalue weighted by atomic mass is 35.5. The Bertz CT molecular complexity index is 626. The van der Waals surface area contributed by atoms with E-state index in [-0.39, 0.29) is 18.2 Å². The smallest absolute Gasteiger partial charge is 0.381 e. The molecule has 8 heteroatoms. The molecule has 0 N–H and O–H groups in total. The van der Waals surface area contributed by atoms with Crippen molar-refractivity contribution in [2.75, 3.05) is 19.8 Å². The first kappa shape index (κ1) is 16.5. The monoisotopic (exact) mass is 351 g/mol. The number of hydrogen-bond donors (Lipinski definition) is 0. The Hall–Kier alpha value is -1.31. The van der Waals surface area contributed by atoms with Crippen LogP contribution in [-0.4, -0.2) is 30.9 Å². The molecular formula is C15H14ClF4NO2. The van der Waals surface area contributed by atoms with Crippen molar-refractivity contribution >= 4 is 17.3 Å². The molecule has 1 fully saturated rings. The van der Waals surface area contributed by atoms with E-state index < -0.39 is 17.6 Å². The standard InChI is InChI=1S/C15H14ClF4NO2/c16-12-8-23-21(10-3-5-22-6-4-10)14(12)9-1-2-11(13(17)7-9)15(18,19)20/h1-2,7,10H,3-6,8H2. The van der Waals surface area contributed by atoms with Crippen molar-refractivity contribution in [3.63, 3.8) is 0 Å². The molecule has 3 rings (SSSR count). The van der Waals surface area contributed by atoms with E-state index in [9.17, 15) is 17.6 Å². The number of ether oxygens (including phenoxy) is 1. The van der Waals surface area contributed by atoms with Crippen LogP contribution in [0.2, 0.25) is 0 Å². The molecule has 0 aliphatic carbocycles. The van der Waals surface area contributed by atoms with E-state index in [1.54, 1.807) is 5.06 Å². The fraction of sp³-hybridized carbons (Fsp3) is 0.467. The van der Waals surface area contributed by atoms with Gasteiger partial charge in [0.15, 0.2) is 0 Å². The van der Waals surface area contributed by atoms with Crippen LogP contribution in [0.15, 0.2) is 23.2 Å². The number of hydrogen-bond acceptors (Lipinski definition) is 3. The predicted octanol–water partition coefficient (Wildman–Crippen LogP) is 4.18. The first-order valence-electron chi connectivity index (χ1n) is 7.13. The van der Waals surface area contributed by atoms with Gasteiger partial charge in [0, 0.05) is 18.8 Å². The maximum absolute atomic E-state index is 13.8. The summed E-state index contributed by atoms with van der Waals surface area (Å²) in [5, 5.41) is 1.92. The van der Waals surface area contributed by atoms with Gasteiger partial charge in [-0.1, -0.05) is 17.7 Å². The maximum Gasteiger partial charge on any atom is 0.419 e. The average Bonchev–Trinajstić information content (AvgIpc) is 2.88. The van der Waals surface area contributed by atoms with Crippen molar-refractivity contribution in [1.82, 2.24) is 5.06 Å². The van der Waals surface area contributed by atoms with Crippen LogP contribution in [0.25, 0.3) is 5.70 Å². The van der Waals surface area contributed by atoms with Gasteiger partial charge in [-0.2, -0.15) is 13.2 Å². The van der Waals surface area contributed by atoms with E-state index in [0.29, 0.717) is 36.8 Å². The molecule has 0 unspecified atom stereocenters. The lowest BCUT2D eigenvalue weighted by Gasteiger charge is -2.33. The molecule has 23 heavy (non-hydrogen) atoms. The third-order valence-corrected chi connectivity index (χ3v) is 4.17. The molecule has 0 radical (unpaired) electrons. The molecular weight excluding hydrogens is 338 g/mol. The van der Waals surface area contributed by atoms with Gasteiger partial charge in [0.05, 0.1) is 22.3 Å². The lowest BCUT2D eigenvalue weighted by Crippen LogP contribution is -2.36. The number of benzene rings is 1. The lowest BCUT2D eigenvalue weighted by molar-refractivity contribution is -0.140. The van der Waals surface area contributed by atoms with Crippen molar-refractivity contribution in [3.8, 4) is 0 Å². The summed E-state index contributed by atoms with van der Waals surface area (Å²) in [6.45, 7) is 1.25. The summed E-state index contributed by atoms with van der Waals surface area (Å²) in [7, 11) is 0.